The molecular weight excluding hydrogens is 667 g/mol. The van der Waals surface area contributed by atoms with E-state index in [1.54, 1.807) is 24.3 Å². The first kappa shape index (κ1) is 39.0. The summed E-state index contributed by atoms with van der Waals surface area (Å²) in [7, 11) is -7.41. The Morgan fingerprint density at radius 3 is 1.98 bits per heavy atom. The molecule has 0 saturated carbocycles. The van der Waals surface area contributed by atoms with Crippen molar-refractivity contribution >= 4 is 59.4 Å². The van der Waals surface area contributed by atoms with Gasteiger partial charge in [0.1, 0.15) is 28.9 Å². The van der Waals surface area contributed by atoms with Gasteiger partial charge in [-0.05, 0) is 29.8 Å². The molecule has 15 nitrogen and oxygen atoms in total. The average Bonchev–Trinajstić information content (AvgIpc) is 2.88. The van der Waals surface area contributed by atoms with Crippen LogP contribution in [-0.2, 0) is 64.0 Å². The molecule has 0 aromatic heterocycles. The highest BCUT2D eigenvalue weighted by atomic mass is 32.3. The van der Waals surface area contributed by atoms with E-state index in [1.807, 2.05) is 13.1 Å². The molecule has 1 N–H and O–H groups in total. The summed E-state index contributed by atoms with van der Waals surface area (Å²) in [5.74, 6) is -2.64. The van der Waals surface area contributed by atoms with Crippen LogP contribution in [0.4, 0.5) is 0 Å². The minimum Gasteiger partial charge on any atom is -0.543 e. The first-order valence-electron chi connectivity index (χ1n) is 14.1. The van der Waals surface area contributed by atoms with Crippen LogP contribution in [0.15, 0.2) is 29.4 Å². The van der Waals surface area contributed by atoms with E-state index in [9.17, 15) is 32.1 Å². The number of para-hydroxylation sites is 1. The number of esters is 4. The van der Waals surface area contributed by atoms with Gasteiger partial charge in [-0.3, -0.25) is 23.7 Å². The van der Waals surface area contributed by atoms with E-state index in [2.05, 4.69) is 30.2 Å². The summed E-state index contributed by atoms with van der Waals surface area (Å²) in [5, 5.41) is 3.37. The van der Waals surface area contributed by atoms with Crippen molar-refractivity contribution in [3.63, 3.8) is 0 Å². The third-order valence-electron chi connectivity index (χ3n) is 6.92. The van der Waals surface area contributed by atoms with Crippen LogP contribution in [0, 0.1) is 0 Å². The van der Waals surface area contributed by atoms with Crippen molar-refractivity contribution < 1.29 is 64.5 Å². The third-order valence-corrected chi connectivity index (χ3v) is 12.6. The molecule has 46 heavy (non-hydrogen) atoms. The normalized spacial score (nSPS) is 22.3. The van der Waals surface area contributed by atoms with Gasteiger partial charge in [0.2, 0.25) is 8.32 Å². The van der Waals surface area contributed by atoms with Crippen LogP contribution in [0.5, 0.6) is 5.75 Å². The highest BCUT2D eigenvalue weighted by molar-refractivity contribution is 8.14. The van der Waals surface area contributed by atoms with Gasteiger partial charge in [0.15, 0.2) is 18.3 Å². The van der Waals surface area contributed by atoms with Gasteiger partial charge in [-0.25, -0.2) is 4.28 Å². The van der Waals surface area contributed by atoms with E-state index in [1.165, 1.54) is 0 Å². The van der Waals surface area contributed by atoms with Crippen molar-refractivity contribution in [3.05, 3.63) is 29.8 Å². The van der Waals surface area contributed by atoms with Gasteiger partial charge in [0.25, 0.3) is 0 Å². The number of benzene rings is 1. The molecule has 1 aliphatic rings. The van der Waals surface area contributed by atoms with Crippen molar-refractivity contribution in [2.24, 2.45) is 5.16 Å². The molecule has 1 aromatic rings. The second-order valence-corrected chi connectivity index (χ2v) is 18.7. The Kier molecular flexibility index (Phi) is 13.6. The van der Waals surface area contributed by atoms with Crippen LogP contribution in [-0.4, -0.2) is 86.7 Å². The van der Waals surface area contributed by atoms with Crippen molar-refractivity contribution in [1.29, 1.82) is 0 Å². The van der Waals surface area contributed by atoms with Crippen LogP contribution in [0.1, 0.15) is 54.0 Å². The standard InChI is InChI=1S/C28H41NO14S2Si/c1-16(30)37-15-22-24(38-17(2)31)25(39-18(3)32)26(40-19(4)33)27(41-22)44-23(29-43-45(34,35)36)14-20-12-10-11-13-21(20)42-46(8,9)28(5,6)7/h10-13,22,24-27H,14-15H2,1-9H3,(H,34,35,36)/b29-23+/t22-,24-,25+,26-,27+/m1/s1. The average molecular weight is 708 g/mol. The molecule has 0 radical (unpaired) electrons. The topological polar surface area (TPSA) is 200 Å². The van der Waals surface area contributed by atoms with E-state index in [4.69, 9.17) is 28.1 Å². The SMILES string of the molecule is CC(=O)OC[C@H]1O[C@@H](S/C(Cc2ccccc2O[Si](C)(C)C(C)(C)C)=N/OS(=O)(=O)O)[C@H](OC(C)=O)[C@@H](OC(C)=O)[C@@H]1OC(C)=O. The Morgan fingerprint density at radius 1 is 0.913 bits per heavy atom. The lowest BCUT2D eigenvalue weighted by Crippen LogP contribution is -2.61. The van der Waals surface area contributed by atoms with Gasteiger partial charge in [-0.15, -0.1) is 0 Å². The van der Waals surface area contributed by atoms with E-state index >= 15 is 0 Å². The monoisotopic (exact) mass is 707 g/mol. The molecule has 1 saturated heterocycles. The number of ether oxygens (including phenoxy) is 5. The summed E-state index contributed by atoms with van der Waals surface area (Å²) in [6, 6.07) is 6.97. The minimum atomic E-state index is -5.06. The predicted octanol–water partition coefficient (Wildman–Crippen LogP) is 3.56. The highest BCUT2D eigenvalue weighted by Crippen LogP contribution is 2.39. The van der Waals surface area contributed by atoms with E-state index in [0.29, 0.717) is 23.1 Å². The quantitative estimate of drug-likeness (QED) is 0.0628. The third kappa shape index (κ3) is 12.2. The molecule has 0 amide bonds. The van der Waals surface area contributed by atoms with E-state index < -0.39 is 79.1 Å². The summed E-state index contributed by atoms with van der Waals surface area (Å²) in [4.78, 5) is 48.1. The molecule has 1 aliphatic heterocycles. The molecule has 0 aliphatic carbocycles. The summed E-state index contributed by atoms with van der Waals surface area (Å²) < 4.78 is 70.7. The molecule has 18 heteroatoms. The zero-order chi connectivity index (χ0) is 35.0. The van der Waals surface area contributed by atoms with Gasteiger partial charge in [-0.2, -0.15) is 8.42 Å². The largest absolute Gasteiger partial charge is 0.543 e. The first-order valence-corrected chi connectivity index (χ1v) is 19.2. The van der Waals surface area contributed by atoms with Crippen LogP contribution in [0.3, 0.4) is 0 Å². The Hall–Kier alpha value is -3.19. The number of carbonyl (C=O) groups excluding carboxylic acids is 4. The lowest BCUT2D eigenvalue weighted by atomic mass is 9.99. The molecule has 0 bridgehead atoms. The molecule has 1 aromatic carbocycles. The summed E-state index contributed by atoms with van der Waals surface area (Å²) in [6.45, 7) is 14.2. The number of thioether (sulfide) groups is 1. The van der Waals surface area contributed by atoms with Crippen LogP contribution >= 0.6 is 11.8 Å². The van der Waals surface area contributed by atoms with Crippen LogP contribution in [0.25, 0.3) is 0 Å². The lowest BCUT2D eigenvalue weighted by Gasteiger charge is -2.44. The van der Waals surface area contributed by atoms with Gasteiger partial charge in [-0.1, -0.05) is 55.9 Å². The predicted molar refractivity (Wildman–Crippen MR) is 168 cm³/mol. The van der Waals surface area contributed by atoms with Crippen molar-refractivity contribution in [1.82, 2.24) is 0 Å². The summed E-state index contributed by atoms with van der Waals surface area (Å²) in [6.07, 6.45) is -5.69. The molecule has 5 atom stereocenters. The molecule has 1 fully saturated rings. The van der Waals surface area contributed by atoms with Gasteiger partial charge >= 0.3 is 34.3 Å². The van der Waals surface area contributed by atoms with Crippen LogP contribution < -0.4 is 4.43 Å². The fraction of sp³-hybridized carbons (Fsp3) is 0.607. The minimum absolute atomic E-state index is 0.107. The molecule has 258 valence electrons. The molecular formula is C28H41NO14S2Si. The van der Waals surface area contributed by atoms with Gasteiger partial charge < -0.3 is 28.1 Å². The number of hydrogen-bond donors (Lipinski definition) is 1. The van der Waals surface area contributed by atoms with E-state index in [0.717, 1.165) is 27.7 Å². The number of carbonyl (C=O) groups is 4. The maximum Gasteiger partial charge on any atom is 0.466 e. The van der Waals surface area contributed by atoms with Crippen molar-refractivity contribution in [2.45, 2.75) is 103 Å². The Bertz CT molecular complexity index is 1410. The maximum absolute atomic E-state index is 12.2. The van der Waals surface area contributed by atoms with E-state index in [-0.39, 0.29) is 16.5 Å². The van der Waals surface area contributed by atoms with Crippen molar-refractivity contribution in [3.8, 4) is 5.75 Å². The number of hydrogen-bond acceptors (Lipinski definition) is 15. The zero-order valence-corrected chi connectivity index (χ0v) is 29.8. The van der Waals surface area contributed by atoms with Gasteiger partial charge in [0, 0.05) is 34.1 Å². The number of nitrogens with zero attached hydrogens (tertiary/aromatic N) is 1. The Balaban J connectivity index is 2.63. The summed E-state index contributed by atoms with van der Waals surface area (Å²) >= 11 is 0.707. The maximum atomic E-state index is 12.2. The molecule has 1 heterocycles. The number of rotatable bonds is 12. The molecule has 0 unspecified atom stereocenters. The molecule has 2 rings (SSSR count). The lowest BCUT2D eigenvalue weighted by molar-refractivity contribution is -0.237. The van der Waals surface area contributed by atoms with Gasteiger partial charge in [0.05, 0.1) is 0 Å². The van der Waals surface area contributed by atoms with Crippen molar-refractivity contribution in [2.75, 3.05) is 6.61 Å². The summed E-state index contributed by atoms with van der Waals surface area (Å²) in [5.41, 5.74) is -0.777. The smallest absolute Gasteiger partial charge is 0.466 e. The highest BCUT2D eigenvalue weighted by Gasteiger charge is 2.53. The second kappa shape index (κ2) is 16.1. The second-order valence-electron chi connectivity index (χ2n) is 11.8. The first-order chi connectivity index (χ1) is 21.1. The number of oxime groups is 1. The van der Waals surface area contributed by atoms with Crippen LogP contribution in [0.2, 0.25) is 18.1 Å². The molecule has 0 spiro atoms. The fourth-order valence-corrected chi connectivity index (χ4v) is 6.36. The fourth-order valence-electron chi connectivity index (χ4n) is 3.94. The zero-order valence-electron chi connectivity index (χ0n) is 27.1. The Morgan fingerprint density at radius 2 is 1.46 bits per heavy atom. The Labute approximate surface area is 273 Å².